The number of methoxy groups -OCH3 is 1. The minimum atomic E-state index is -0.398. The van der Waals surface area contributed by atoms with Gasteiger partial charge in [0.15, 0.2) is 0 Å². The van der Waals surface area contributed by atoms with E-state index in [1.165, 1.54) is 0 Å². The van der Waals surface area contributed by atoms with Crippen molar-refractivity contribution in [1.29, 1.82) is 0 Å². The van der Waals surface area contributed by atoms with Gasteiger partial charge < -0.3 is 10.1 Å². The van der Waals surface area contributed by atoms with Gasteiger partial charge in [-0.15, -0.1) is 0 Å². The second-order valence-corrected chi connectivity index (χ2v) is 5.55. The van der Waals surface area contributed by atoms with Gasteiger partial charge in [-0.25, -0.2) is 0 Å². The Morgan fingerprint density at radius 2 is 1.86 bits per heavy atom. The fourth-order valence-corrected chi connectivity index (χ4v) is 2.47. The van der Waals surface area contributed by atoms with Gasteiger partial charge in [0, 0.05) is 5.02 Å². The van der Waals surface area contributed by atoms with Crippen LogP contribution in [0.1, 0.15) is 11.6 Å². The maximum atomic E-state index is 12.7. The number of likely N-dealkylation sites (N-methyl/N-ethyl adjacent to an activating group) is 1. The Kier molecular flexibility index (Phi) is 5.41. The molecule has 0 spiro atoms. The molecule has 2 rings (SSSR count). The average Bonchev–Trinajstić information content (AvgIpc) is 2.48. The summed E-state index contributed by atoms with van der Waals surface area (Å²) in [5.74, 6) is 0.431. The molecule has 0 saturated carbocycles. The molecule has 116 valence electrons. The number of halogens is 1. The molecule has 2 aromatic rings. The summed E-state index contributed by atoms with van der Waals surface area (Å²) in [6.07, 6.45) is 0. The highest BCUT2D eigenvalue weighted by molar-refractivity contribution is 6.31. The molecule has 0 heterocycles. The first-order chi connectivity index (χ1) is 10.5. The SMILES string of the molecule is COc1ccc(Cl)cc1NC(=O)C(c1ccccc1)N(C)C. The summed E-state index contributed by atoms with van der Waals surface area (Å²) in [6, 6.07) is 14.3. The summed E-state index contributed by atoms with van der Waals surface area (Å²) in [5.41, 5.74) is 1.48. The monoisotopic (exact) mass is 318 g/mol. The number of nitrogens with zero attached hydrogens (tertiary/aromatic N) is 1. The van der Waals surface area contributed by atoms with Crippen LogP contribution < -0.4 is 10.1 Å². The zero-order valence-electron chi connectivity index (χ0n) is 12.8. The number of carbonyl (C=O) groups excluding carboxylic acids is 1. The highest BCUT2D eigenvalue weighted by Crippen LogP contribution is 2.29. The second-order valence-electron chi connectivity index (χ2n) is 5.11. The number of nitrogens with one attached hydrogen (secondary N) is 1. The maximum Gasteiger partial charge on any atom is 0.246 e. The van der Waals surface area contributed by atoms with E-state index >= 15 is 0 Å². The predicted molar refractivity (Wildman–Crippen MR) is 89.5 cm³/mol. The Labute approximate surface area is 135 Å². The lowest BCUT2D eigenvalue weighted by atomic mass is 10.1. The molecule has 2 aromatic carbocycles. The van der Waals surface area contributed by atoms with Gasteiger partial charge in [0.25, 0.3) is 0 Å². The van der Waals surface area contributed by atoms with E-state index in [-0.39, 0.29) is 5.91 Å². The van der Waals surface area contributed by atoms with E-state index in [4.69, 9.17) is 16.3 Å². The van der Waals surface area contributed by atoms with Crippen molar-refractivity contribution < 1.29 is 9.53 Å². The summed E-state index contributed by atoms with van der Waals surface area (Å²) in [7, 11) is 5.29. The molecule has 1 atom stereocenters. The van der Waals surface area contributed by atoms with Crippen LogP contribution >= 0.6 is 11.6 Å². The Balaban J connectivity index is 2.28. The van der Waals surface area contributed by atoms with Crippen LogP contribution in [0.4, 0.5) is 5.69 Å². The van der Waals surface area contributed by atoms with Crippen molar-refractivity contribution in [2.45, 2.75) is 6.04 Å². The largest absolute Gasteiger partial charge is 0.495 e. The quantitative estimate of drug-likeness (QED) is 0.916. The van der Waals surface area contributed by atoms with Gasteiger partial charge in [-0.2, -0.15) is 0 Å². The van der Waals surface area contributed by atoms with Gasteiger partial charge in [0.05, 0.1) is 12.8 Å². The predicted octanol–water partition coefficient (Wildman–Crippen LogP) is 3.59. The van der Waals surface area contributed by atoms with Crippen molar-refractivity contribution in [2.24, 2.45) is 0 Å². The highest BCUT2D eigenvalue weighted by Gasteiger charge is 2.23. The number of anilines is 1. The molecule has 0 aromatic heterocycles. The molecular formula is C17H19ClN2O2. The van der Waals surface area contributed by atoms with E-state index in [1.807, 2.05) is 49.3 Å². The van der Waals surface area contributed by atoms with Crippen LogP contribution in [0.15, 0.2) is 48.5 Å². The molecule has 0 saturated heterocycles. The lowest BCUT2D eigenvalue weighted by molar-refractivity contribution is -0.120. The third-order valence-corrected chi connectivity index (χ3v) is 3.53. The topological polar surface area (TPSA) is 41.6 Å². The number of hydrogen-bond donors (Lipinski definition) is 1. The van der Waals surface area contributed by atoms with Crippen molar-refractivity contribution in [3.63, 3.8) is 0 Å². The smallest absolute Gasteiger partial charge is 0.246 e. The lowest BCUT2D eigenvalue weighted by Gasteiger charge is -2.24. The summed E-state index contributed by atoms with van der Waals surface area (Å²) >= 11 is 6.00. The van der Waals surface area contributed by atoms with Crippen molar-refractivity contribution >= 4 is 23.2 Å². The molecule has 22 heavy (non-hydrogen) atoms. The number of ether oxygens (including phenoxy) is 1. The molecule has 0 aliphatic carbocycles. The standard InChI is InChI=1S/C17H19ClN2O2/c1-20(2)16(12-7-5-4-6-8-12)17(21)19-14-11-13(18)9-10-15(14)22-3/h4-11,16H,1-3H3,(H,19,21). The van der Waals surface area contributed by atoms with Gasteiger partial charge in [0.1, 0.15) is 11.8 Å². The Bertz CT molecular complexity index is 644. The normalized spacial score (nSPS) is 12.0. The van der Waals surface area contributed by atoms with Gasteiger partial charge in [-0.3, -0.25) is 9.69 Å². The molecule has 4 nitrogen and oxygen atoms in total. The zero-order valence-corrected chi connectivity index (χ0v) is 13.6. The summed E-state index contributed by atoms with van der Waals surface area (Å²) in [6.45, 7) is 0. The molecule has 1 unspecified atom stereocenters. The Hall–Kier alpha value is -2.04. The molecule has 0 fully saturated rings. The molecule has 0 aliphatic heterocycles. The Morgan fingerprint density at radius 3 is 2.45 bits per heavy atom. The van der Waals surface area contributed by atoms with Crippen LogP contribution in [-0.4, -0.2) is 32.0 Å². The van der Waals surface area contributed by atoms with Gasteiger partial charge in [0.2, 0.25) is 5.91 Å². The summed E-state index contributed by atoms with van der Waals surface area (Å²) in [5, 5.41) is 3.43. The van der Waals surface area contributed by atoms with Gasteiger partial charge in [-0.1, -0.05) is 41.9 Å². The average molecular weight is 319 g/mol. The zero-order chi connectivity index (χ0) is 16.1. The van der Waals surface area contributed by atoms with Gasteiger partial charge >= 0.3 is 0 Å². The molecule has 0 radical (unpaired) electrons. The molecule has 0 bridgehead atoms. The first-order valence-corrected chi connectivity index (χ1v) is 7.26. The number of benzene rings is 2. The fraction of sp³-hybridized carbons (Fsp3) is 0.235. The van der Waals surface area contributed by atoms with E-state index in [0.29, 0.717) is 16.5 Å². The van der Waals surface area contributed by atoms with Crippen molar-refractivity contribution in [1.82, 2.24) is 4.90 Å². The van der Waals surface area contributed by atoms with Crippen LogP contribution in [-0.2, 0) is 4.79 Å². The first kappa shape index (κ1) is 16.3. The number of hydrogen-bond acceptors (Lipinski definition) is 3. The van der Waals surface area contributed by atoms with E-state index in [1.54, 1.807) is 25.3 Å². The molecule has 0 aliphatic rings. The minimum absolute atomic E-state index is 0.142. The summed E-state index contributed by atoms with van der Waals surface area (Å²) < 4.78 is 5.26. The van der Waals surface area contributed by atoms with Crippen LogP contribution in [0.25, 0.3) is 0 Å². The summed E-state index contributed by atoms with van der Waals surface area (Å²) in [4.78, 5) is 14.5. The van der Waals surface area contributed by atoms with Crippen LogP contribution in [0.5, 0.6) is 5.75 Å². The van der Waals surface area contributed by atoms with Crippen LogP contribution in [0, 0.1) is 0 Å². The number of carbonyl (C=O) groups is 1. The highest BCUT2D eigenvalue weighted by atomic mass is 35.5. The maximum absolute atomic E-state index is 12.7. The van der Waals surface area contributed by atoms with Crippen LogP contribution in [0.3, 0.4) is 0 Å². The lowest BCUT2D eigenvalue weighted by Crippen LogP contribution is -2.32. The van der Waals surface area contributed by atoms with E-state index in [0.717, 1.165) is 5.56 Å². The molecular weight excluding hydrogens is 300 g/mol. The first-order valence-electron chi connectivity index (χ1n) is 6.88. The minimum Gasteiger partial charge on any atom is -0.495 e. The van der Waals surface area contributed by atoms with Crippen LogP contribution in [0.2, 0.25) is 5.02 Å². The van der Waals surface area contributed by atoms with E-state index in [2.05, 4.69) is 5.32 Å². The van der Waals surface area contributed by atoms with Crippen molar-refractivity contribution in [3.8, 4) is 5.75 Å². The number of rotatable bonds is 5. The molecule has 5 heteroatoms. The third-order valence-electron chi connectivity index (χ3n) is 3.30. The molecule has 1 amide bonds. The van der Waals surface area contributed by atoms with E-state index in [9.17, 15) is 4.79 Å². The number of amides is 1. The third kappa shape index (κ3) is 3.78. The second kappa shape index (κ2) is 7.29. The van der Waals surface area contributed by atoms with Gasteiger partial charge in [-0.05, 0) is 37.9 Å². The molecule has 1 N–H and O–H groups in total. The Morgan fingerprint density at radius 1 is 1.18 bits per heavy atom. The van der Waals surface area contributed by atoms with E-state index < -0.39 is 6.04 Å². The van der Waals surface area contributed by atoms with Crippen molar-refractivity contribution in [3.05, 3.63) is 59.1 Å². The van der Waals surface area contributed by atoms with Crippen molar-refractivity contribution in [2.75, 3.05) is 26.5 Å². The fourth-order valence-electron chi connectivity index (χ4n) is 2.30.